The minimum absolute atomic E-state index is 0.756. The lowest BCUT2D eigenvalue weighted by Crippen LogP contribution is -2.36. The molecule has 0 spiro atoms. The van der Waals surface area contributed by atoms with Crippen LogP contribution in [0.5, 0.6) is 0 Å². The lowest BCUT2D eigenvalue weighted by Gasteiger charge is -2.18. The van der Waals surface area contributed by atoms with Crippen molar-refractivity contribution >= 4 is 0 Å². The molecule has 82 valence electrons. The lowest BCUT2D eigenvalue weighted by atomic mass is 9.98. The Hall–Kier alpha value is -0.0800. The summed E-state index contributed by atoms with van der Waals surface area (Å²) in [5.41, 5.74) is 0. The standard InChI is InChI=1S/C12H24N2/c1-10-4-2-5-11(10)8-13-9-12-6-3-7-14-12/h10-14H,2-9H2,1H3. The summed E-state index contributed by atoms with van der Waals surface area (Å²) >= 11 is 0. The zero-order valence-electron chi connectivity index (χ0n) is 9.39. The van der Waals surface area contributed by atoms with E-state index in [0.717, 1.165) is 17.9 Å². The van der Waals surface area contributed by atoms with Gasteiger partial charge in [-0.1, -0.05) is 19.8 Å². The van der Waals surface area contributed by atoms with Gasteiger partial charge in [-0.3, -0.25) is 0 Å². The molecule has 3 unspecified atom stereocenters. The maximum atomic E-state index is 3.64. The van der Waals surface area contributed by atoms with Gasteiger partial charge < -0.3 is 10.6 Å². The van der Waals surface area contributed by atoms with Crippen molar-refractivity contribution < 1.29 is 0 Å². The van der Waals surface area contributed by atoms with E-state index in [0.29, 0.717) is 0 Å². The molecule has 2 rings (SSSR count). The summed E-state index contributed by atoms with van der Waals surface area (Å²) in [6.07, 6.45) is 7.09. The SMILES string of the molecule is CC1CCCC1CNCC1CCCN1. The van der Waals surface area contributed by atoms with Gasteiger partial charge in [-0.05, 0) is 44.2 Å². The molecule has 1 saturated heterocycles. The highest BCUT2D eigenvalue weighted by atomic mass is 15.0. The van der Waals surface area contributed by atoms with Gasteiger partial charge >= 0.3 is 0 Å². The Balaban J connectivity index is 1.57. The summed E-state index contributed by atoms with van der Waals surface area (Å²) in [5, 5.41) is 7.17. The summed E-state index contributed by atoms with van der Waals surface area (Å²) in [6, 6.07) is 0.756. The van der Waals surface area contributed by atoms with Crippen molar-refractivity contribution in [2.45, 2.75) is 45.1 Å². The Bertz CT molecular complexity index is 164. The minimum atomic E-state index is 0.756. The van der Waals surface area contributed by atoms with Crippen LogP contribution >= 0.6 is 0 Å². The summed E-state index contributed by atoms with van der Waals surface area (Å²) in [4.78, 5) is 0. The smallest absolute Gasteiger partial charge is 0.0192 e. The highest BCUT2D eigenvalue weighted by Crippen LogP contribution is 2.30. The van der Waals surface area contributed by atoms with Crippen LogP contribution in [0.4, 0.5) is 0 Å². The summed E-state index contributed by atoms with van der Waals surface area (Å²) in [7, 11) is 0. The summed E-state index contributed by atoms with van der Waals surface area (Å²) in [6.45, 7) is 6.07. The molecule has 3 atom stereocenters. The molecule has 0 aromatic carbocycles. The van der Waals surface area contributed by atoms with E-state index in [4.69, 9.17) is 0 Å². The second-order valence-electron chi connectivity index (χ2n) is 5.12. The highest BCUT2D eigenvalue weighted by molar-refractivity contribution is 4.79. The first-order valence-electron chi connectivity index (χ1n) is 6.30. The van der Waals surface area contributed by atoms with Gasteiger partial charge in [0, 0.05) is 12.6 Å². The van der Waals surface area contributed by atoms with E-state index in [-0.39, 0.29) is 0 Å². The largest absolute Gasteiger partial charge is 0.315 e. The summed E-state index contributed by atoms with van der Waals surface area (Å²) in [5.74, 6) is 1.91. The Morgan fingerprint density at radius 2 is 2.07 bits per heavy atom. The van der Waals surface area contributed by atoms with Crippen LogP contribution in [0.1, 0.15) is 39.0 Å². The van der Waals surface area contributed by atoms with Gasteiger partial charge in [-0.15, -0.1) is 0 Å². The number of rotatable bonds is 4. The zero-order chi connectivity index (χ0) is 9.80. The maximum absolute atomic E-state index is 3.64. The second-order valence-corrected chi connectivity index (χ2v) is 5.12. The lowest BCUT2D eigenvalue weighted by molar-refractivity contribution is 0.382. The minimum Gasteiger partial charge on any atom is -0.315 e. The van der Waals surface area contributed by atoms with Crippen molar-refractivity contribution in [1.29, 1.82) is 0 Å². The van der Waals surface area contributed by atoms with Crippen LogP contribution in [0.3, 0.4) is 0 Å². The van der Waals surface area contributed by atoms with Crippen LogP contribution in [0.25, 0.3) is 0 Å². The topological polar surface area (TPSA) is 24.1 Å². The third-order valence-electron chi connectivity index (χ3n) is 4.00. The third kappa shape index (κ3) is 2.71. The Morgan fingerprint density at radius 3 is 2.71 bits per heavy atom. The first kappa shape index (κ1) is 10.4. The van der Waals surface area contributed by atoms with Gasteiger partial charge in [-0.2, -0.15) is 0 Å². The van der Waals surface area contributed by atoms with Crippen molar-refractivity contribution in [3.8, 4) is 0 Å². The Morgan fingerprint density at radius 1 is 1.14 bits per heavy atom. The molecular weight excluding hydrogens is 172 g/mol. The van der Waals surface area contributed by atoms with E-state index in [9.17, 15) is 0 Å². The average Bonchev–Trinajstić information content (AvgIpc) is 2.78. The van der Waals surface area contributed by atoms with E-state index in [1.54, 1.807) is 0 Å². The Labute approximate surface area is 87.8 Å². The number of nitrogens with one attached hydrogen (secondary N) is 2. The molecule has 0 radical (unpaired) electrons. The van der Waals surface area contributed by atoms with Gasteiger partial charge in [0.25, 0.3) is 0 Å². The molecule has 0 aromatic rings. The van der Waals surface area contributed by atoms with Crippen LogP contribution in [0.2, 0.25) is 0 Å². The monoisotopic (exact) mass is 196 g/mol. The van der Waals surface area contributed by atoms with Crippen LogP contribution in [0.15, 0.2) is 0 Å². The fourth-order valence-electron chi connectivity index (χ4n) is 2.90. The Kier molecular flexibility index (Phi) is 3.82. The zero-order valence-corrected chi connectivity index (χ0v) is 9.39. The molecule has 1 heterocycles. The molecule has 0 amide bonds. The molecule has 0 bridgehead atoms. The van der Waals surface area contributed by atoms with Gasteiger partial charge in [0.2, 0.25) is 0 Å². The second kappa shape index (κ2) is 5.13. The van der Waals surface area contributed by atoms with Crippen LogP contribution in [-0.4, -0.2) is 25.7 Å². The highest BCUT2D eigenvalue weighted by Gasteiger charge is 2.23. The van der Waals surface area contributed by atoms with Crippen LogP contribution in [0, 0.1) is 11.8 Å². The normalized spacial score (nSPS) is 37.9. The van der Waals surface area contributed by atoms with Crippen molar-refractivity contribution in [3.63, 3.8) is 0 Å². The molecule has 1 saturated carbocycles. The van der Waals surface area contributed by atoms with Gasteiger partial charge in [0.15, 0.2) is 0 Å². The molecule has 2 N–H and O–H groups in total. The van der Waals surface area contributed by atoms with Gasteiger partial charge in [0.1, 0.15) is 0 Å². The van der Waals surface area contributed by atoms with Gasteiger partial charge in [-0.25, -0.2) is 0 Å². The third-order valence-corrected chi connectivity index (χ3v) is 4.00. The first-order valence-corrected chi connectivity index (χ1v) is 6.30. The molecule has 1 aliphatic heterocycles. The van der Waals surface area contributed by atoms with E-state index in [2.05, 4.69) is 17.6 Å². The van der Waals surface area contributed by atoms with Gasteiger partial charge in [0.05, 0.1) is 0 Å². The van der Waals surface area contributed by atoms with Crippen molar-refractivity contribution in [2.24, 2.45) is 11.8 Å². The number of hydrogen-bond acceptors (Lipinski definition) is 2. The first-order chi connectivity index (χ1) is 6.86. The van der Waals surface area contributed by atoms with Crippen molar-refractivity contribution in [1.82, 2.24) is 10.6 Å². The van der Waals surface area contributed by atoms with E-state index in [1.165, 1.54) is 51.7 Å². The van der Waals surface area contributed by atoms with Crippen LogP contribution in [-0.2, 0) is 0 Å². The van der Waals surface area contributed by atoms with E-state index >= 15 is 0 Å². The van der Waals surface area contributed by atoms with Crippen molar-refractivity contribution in [2.75, 3.05) is 19.6 Å². The molecule has 0 aromatic heterocycles. The van der Waals surface area contributed by atoms with E-state index < -0.39 is 0 Å². The van der Waals surface area contributed by atoms with Crippen molar-refractivity contribution in [3.05, 3.63) is 0 Å². The molecule has 2 aliphatic rings. The fraction of sp³-hybridized carbons (Fsp3) is 1.00. The molecule has 2 nitrogen and oxygen atoms in total. The van der Waals surface area contributed by atoms with E-state index in [1.807, 2.05) is 0 Å². The average molecular weight is 196 g/mol. The predicted octanol–water partition coefficient (Wildman–Crippen LogP) is 1.76. The molecule has 2 fully saturated rings. The van der Waals surface area contributed by atoms with Crippen LogP contribution < -0.4 is 10.6 Å². The maximum Gasteiger partial charge on any atom is 0.0192 e. The molecule has 1 aliphatic carbocycles. The fourth-order valence-corrected chi connectivity index (χ4v) is 2.90. The molecule has 14 heavy (non-hydrogen) atoms. The molecule has 2 heteroatoms. The predicted molar refractivity (Wildman–Crippen MR) is 60.4 cm³/mol. The quantitative estimate of drug-likeness (QED) is 0.716. The summed E-state index contributed by atoms with van der Waals surface area (Å²) < 4.78 is 0. The number of hydrogen-bond donors (Lipinski definition) is 2. The molecular formula is C12H24N2.